The zero-order valence-corrected chi connectivity index (χ0v) is 17.4. The van der Waals surface area contributed by atoms with Gasteiger partial charge in [0.15, 0.2) is 6.04 Å². The van der Waals surface area contributed by atoms with Gasteiger partial charge in [-0.3, -0.25) is 4.68 Å². The Morgan fingerprint density at radius 3 is 2.45 bits per heavy atom. The van der Waals surface area contributed by atoms with E-state index in [1.807, 2.05) is 49.4 Å². The fourth-order valence-corrected chi connectivity index (χ4v) is 3.65. The molecule has 6 nitrogen and oxygen atoms in total. The lowest BCUT2D eigenvalue weighted by atomic mass is 10.0. The average molecular weight is 415 g/mol. The molecule has 6 heteroatoms. The van der Waals surface area contributed by atoms with Crippen LogP contribution in [0.4, 0.5) is 0 Å². The lowest BCUT2D eigenvalue weighted by Crippen LogP contribution is -2.21. The Balaban J connectivity index is 1.33. The van der Waals surface area contributed by atoms with Crippen molar-refractivity contribution >= 4 is 5.97 Å². The van der Waals surface area contributed by atoms with Crippen molar-refractivity contribution in [3.8, 4) is 11.5 Å². The number of aromatic nitrogens is 3. The highest BCUT2D eigenvalue weighted by Crippen LogP contribution is 2.23. The molecule has 4 aromatic rings. The molecule has 1 atom stereocenters. The van der Waals surface area contributed by atoms with E-state index in [0.29, 0.717) is 12.3 Å². The van der Waals surface area contributed by atoms with E-state index >= 15 is 0 Å². The SMILES string of the molecule is Cc1oc(-c2ccccc2)nc1CCCc1ccc(C[C@@H](C(=O)O)n2cccn2)cc1. The van der Waals surface area contributed by atoms with Gasteiger partial charge < -0.3 is 9.52 Å². The number of aliphatic carboxylic acids is 1. The van der Waals surface area contributed by atoms with Crippen LogP contribution < -0.4 is 0 Å². The van der Waals surface area contributed by atoms with E-state index < -0.39 is 12.0 Å². The van der Waals surface area contributed by atoms with Crippen molar-refractivity contribution in [1.29, 1.82) is 0 Å². The normalized spacial score (nSPS) is 12.0. The highest BCUT2D eigenvalue weighted by Gasteiger charge is 2.20. The highest BCUT2D eigenvalue weighted by atomic mass is 16.4. The maximum absolute atomic E-state index is 11.6. The van der Waals surface area contributed by atoms with Crippen LogP contribution in [0.3, 0.4) is 0 Å². The monoisotopic (exact) mass is 415 g/mol. The number of oxazole rings is 1. The summed E-state index contributed by atoms with van der Waals surface area (Å²) in [6, 6.07) is 19.1. The molecule has 0 unspecified atom stereocenters. The van der Waals surface area contributed by atoms with Gasteiger partial charge in [0.25, 0.3) is 0 Å². The average Bonchev–Trinajstić information content (AvgIpc) is 3.44. The van der Waals surface area contributed by atoms with Crippen molar-refractivity contribution in [3.63, 3.8) is 0 Å². The lowest BCUT2D eigenvalue weighted by Gasteiger charge is -2.13. The molecule has 0 aliphatic heterocycles. The van der Waals surface area contributed by atoms with Gasteiger partial charge in [0.1, 0.15) is 5.76 Å². The second-order valence-electron chi connectivity index (χ2n) is 7.60. The Kier molecular flexibility index (Phi) is 6.26. The molecule has 2 aromatic carbocycles. The summed E-state index contributed by atoms with van der Waals surface area (Å²) in [5.74, 6) is 0.654. The van der Waals surface area contributed by atoms with Gasteiger partial charge in [-0.2, -0.15) is 5.10 Å². The third-order valence-electron chi connectivity index (χ3n) is 5.37. The van der Waals surface area contributed by atoms with Gasteiger partial charge in [0, 0.05) is 24.4 Å². The van der Waals surface area contributed by atoms with E-state index in [4.69, 9.17) is 4.42 Å². The maximum Gasteiger partial charge on any atom is 0.328 e. The molecule has 0 spiro atoms. The van der Waals surface area contributed by atoms with E-state index in [0.717, 1.165) is 41.8 Å². The van der Waals surface area contributed by atoms with E-state index in [1.54, 1.807) is 18.5 Å². The summed E-state index contributed by atoms with van der Waals surface area (Å²) in [4.78, 5) is 16.3. The third-order valence-corrected chi connectivity index (χ3v) is 5.37. The van der Waals surface area contributed by atoms with Crippen molar-refractivity contribution in [2.24, 2.45) is 0 Å². The molecule has 0 saturated carbocycles. The first kappa shape index (κ1) is 20.6. The smallest absolute Gasteiger partial charge is 0.328 e. The zero-order valence-electron chi connectivity index (χ0n) is 17.4. The van der Waals surface area contributed by atoms with Crippen LogP contribution in [-0.2, 0) is 24.1 Å². The van der Waals surface area contributed by atoms with Gasteiger partial charge in [-0.25, -0.2) is 9.78 Å². The van der Waals surface area contributed by atoms with E-state index in [-0.39, 0.29) is 0 Å². The number of rotatable bonds is 9. The highest BCUT2D eigenvalue weighted by molar-refractivity contribution is 5.72. The minimum absolute atomic E-state index is 0.400. The van der Waals surface area contributed by atoms with Crippen LogP contribution in [0.25, 0.3) is 11.5 Å². The van der Waals surface area contributed by atoms with Crippen LogP contribution in [0.15, 0.2) is 77.5 Å². The van der Waals surface area contributed by atoms with Crippen molar-refractivity contribution in [2.45, 2.75) is 38.6 Å². The minimum atomic E-state index is -0.884. The topological polar surface area (TPSA) is 81.1 Å². The summed E-state index contributed by atoms with van der Waals surface area (Å²) in [5, 5.41) is 13.6. The molecule has 0 saturated heterocycles. The standard InChI is InChI=1S/C25H25N3O3/c1-18-22(27-24(31-18)21-8-3-2-4-9-21)10-5-7-19-11-13-20(14-12-19)17-23(25(29)30)28-16-6-15-26-28/h2-4,6,8-9,11-16,23H,5,7,10,17H2,1H3,(H,29,30)/t23-/m0/s1. The molecule has 2 aromatic heterocycles. The molecule has 0 aliphatic rings. The van der Waals surface area contributed by atoms with Gasteiger partial charge in [0.2, 0.25) is 5.89 Å². The molecule has 0 fully saturated rings. The van der Waals surface area contributed by atoms with E-state index in [2.05, 4.69) is 22.2 Å². The molecular weight excluding hydrogens is 390 g/mol. The number of aryl methyl sites for hydroxylation is 3. The number of nitrogens with zero attached hydrogens (tertiary/aromatic N) is 3. The van der Waals surface area contributed by atoms with Crippen LogP contribution in [0.1, 0.15) is 35.0 Å². The van der Waals surface area contributed by atoms with Crippen molar-refractivity contribution in [1.82, 2.24) is 14.8 Å². The zero-order chi connectivity index (χ0) is 21.6. The van der Waals surface area contributed by atoms with Crippen molar-refractivity contribution < 1.29 is 14.3 Å². The molecule has 4 rings (SSSR count). The molecule has 0 radical (unpaired) electrons. The molecule has 158 valence electrons. The van der Waals surface area contributed by atoms with E-state index in [9.17, 15) is 9.90 Å². The predicted octanol–water partition coefficient (Wildman–Crippen LogP) is 4.89. The molecule has 0 amide bonds. The molecule has 2 heterocycles. The largest absolute Gasteiger partial charge is 0.480 e. The Labute approximate surface area is 181 Å². The fraction of sp³-hybridized carbons (Fsp3) is 0.240. The maximum atomic E-state index is 11.6. The number of carbonyl (C=O) groups is 1. The second-order valence-corrected chi connectivity index (χ2v) is 7.60. The summed E-state index contributed by atoms with van der Waals surface area (Å²) in [7, 11) is 0. The summed E-state index contributed by atoms with van der Waals surface area (Å²) < 4.78 is 7.33. The van der Waals surface area contributed by atoms with Crippen LogP contribution >= 0.6 is 0 Å². The van der Waals surface area contributed by atoms with Crippen molar-refractivity contribution in [2.75, 3.05) is 0 Å². The number of hydrogen-bond acceptors (Lipinski definition) is 4. The number of hydrogen-bond donors (Lipinski definition) is 1. The molecule has 0 bridgehead atoms. The first-order valence-corrected chi connectivity index (χ1v) is 10.4. The van der Waals surface area contributed by atoms with Gasteiger partial charge in [-0.1, -0.05) is 42.5 Å². The number of benzene rings is 2. The molecule has 31 heavy (non-hydrogen) atoms. The van der Waals surface area contributed by atoms with Gasteiger partial charge in [0.05, 0.1) is 5.69 Å². The first-order valence-electron chi connectivity index (χ1n) is 10.4. The summed E-state index contributed by atoms with van der Waals surface area (Å²) >= 11 is 0. The summed E-state index contributed by atoms with van der Waals surface area (Å²) in [6.45, 7) is 1.96. The van der Waals surface area contributed by atoms with Crippen LogP contribution in [0.5, 0.6) is 0 Å². The molecule has 0 aliphatic carbocycles. The van der Waals surface area contributed by atoms with Crippen LogP contribution in [-0.4, -0.2) is 25.8 Å². The summed E-state index contributed by atoms with van der Waals surface area (Å²) in [5.41, 5.74) is 4.19. The Bertz CT molecular complexity index is 1120. The van der Waals surface area contributed by atoms with Crippen LogP contribution in [0, 0.1) is 6.92 Å². The van der Waals surface area contributed by atoms with Gasteiger partial charge >= 0.3 is 5.97 Å². The first-order chi connectivity index (χ1) is 15.1. The van der Waals surface area contributed by atoms with Gasteiger partial charge in [-0.15, -0.1) is 0 Å². The summed E-state index contributed by atoms with van der Waals surface area (Å²) in [6.07, 6.45) is 6.42. The van der Waals surface area contributed by atoms with Crippen LogP contribution in [0.2, 0.25) is 0 Å². The van der Waals surface area contributed by atoms with Crippen molar-refractivity contribution in [3.05, 3.63) is 95.6 Å². The quantitative estimate of drug-likeness (QED) is 0.421. The number of carboxylic acid groups (broad SMARTS) is 1. The Morgan fingerprint density at radius 2 is 1.77 bits per heavy atom. The predicted molar refractivity (Wildman–Crippen MR) is 118 cm³/mol. The second kappa shape index (κ2) is 9.43. The third kappa shape index (κ3) is 5.09. The van der Waals surface area contributed by atoms with E-state index in [1.165, 1.54) is 10.2 Å². The molecular formula is C25H25N3O3. The Morgan fingerprint density at radius 1 is 1.03 bits per heavy atom. The Hall–Kier alpha value is -3.67. The van der Waals surface area contributed by atoms with Gasteiger partial charge in [-0.05, 0) is 55.5 Å². The fourth-order valence-electron chi connectivity index (χ4n) is 3.65. The number of carboxylic acids is 1. The minimum Gasteiger partial charge on any atom is -0.480 e. The lowest BCUT2D eigenvalue weighted by molar-refractivity contribution is -0.141. The molecule has 1 N–H and O–H groups in total.